The van der Waals surface area contributed by atoms with Gasteiger partial charge in [-0.15, -0.1) is 0 Å². The molecule has 0 aromatic heterocycles. The molecular formula is C19H25N5O5. The number of carbonyl (C=O) groups excluding carboxylic acids is 4. The Balaban J connectivity index is 1.48. The predicted octanol–water partition coefficient (Wildman–Crippen LogP) is -0.186. The number of hydrogen-bond donors (Lipinski definition) is 1. The van der Waals surface area contributed by atoms with Gasteiger partial charge in [-0.3, -0.25) is 19.3 Å². The summed E-state index contributed by atoms with van der Waals surface area (Å²) in [7, 11) is 2.95. The summed E-state index contributed by atoms with van der Waals surface area (Å²) < 4.78 is 5.34. The van der Waals surface area contributed by atoms with Crippen LogP contribution in [-0.4, -0.2) is 98.5 Å². The number of ether oxygens (including phenoxy) is 1. The number of amides is 5. The minimum absolute atomic E-state index is 0.0449. The molecule has 3 rings (SSSR count). The largest absolute Gasteiger partial charge is 0.378 e. The van der Waals surface area contributed by atoms with Crippen molar-refractivity contribution < 1.29 is 23.9 Å². The molecule has 2 saturated heterocycles. The minimum atomic E-state index is -0.512. The zero-order valence-corrected chi connectivity index (χ0v) is 16.6. The molecule has 2 fully saturated rings. The summed E-state index contributed by atoms with van der Waals surface area (Å²) >= 11 is 0. The molecule has 1 aromatic carbocycles. The van der Waals surface area contributed by atoms with Crippen molar-refractivity contribution in [3.63, 3.8) is 0 Å². The first-order valence-corrected chi connectivity index (χ1v) is 9.37. The first-order valence-electron chi connectivity index (χ1n) is 9.37. The van der Waals surface area contributed by atoms with E-state index in [1.807, 2.05) is 24.3 Å². The van der Waals surface area contributed by atoms with E-state index >= 15 is 0 Å². The van der Waals surface area contributed by atoms with Crippen LogP contribution in [0.4, 0.5) is 16.2 Å². The number of likely N-dealkylation sites (N-methyl/N-ethyl adjacent to an activating group) is 2. The fourth-order valence-corrected chi connectivity index (χ4v) is 3.16. The van der Waals surface area contributed by atoms with E-state index in [4.69, 9.17) is 4.74 Å². The van der Waals surface area contributed by atoms with Crippen LogP contribution >= 0.6 is 0 Å². The molecule has 10 nitrogen and oxygen atoms in total. The molecule has 0 atom stereocenters. The topological polar surface area (TPSA) is 102 Å². The maximum Gasteiger partial charge on any atom is 0.327 e. The molecule has 0 saturated carbocycles. The highest BCUT2D eigenvalue weighted by atomic mass is 16.5. The summed E-state index contributed by atoms with van der Waals surface area (Å²) in [6, 6.07) is 6.96. The SMILES string of the molecule is CN(CC(=O)Nc1ccc(N2CCOCC2)cc1)C(=O)CN1C(=O)CN(C)C1=O. The molecule has 5 amide bonds. The summed E-state index contributed by atoms with van der Waals surface area (Å²) in [4.78, 5) is 53.7. The van der Waals surface area contributed by atoms with Crippen molar-refractivity contribution >= 4 is 35.1 Å². The number of anilines is 2. The zero-order valence-electron chi connectivity index (χ0n) is 16.6. The number of urea groups is 1. The van der Waals surface area contributed by atoms with Gasteiger partial charge in [-0.2, -0.15) is 0 Å². The van der Waals surface area contributed by atoms with Gasteiger partial charge in [0.05, 0.1) is 19.8 Å². The highest BCUT2D eigenvalue weighted by molar-refractivity contribution is 6.04. The van der Waals surface area contributed by atoms with Gasteiger partial charge in [0.2, 0.25) is 11.8 Å². The van der Waals surface area contributed by atoms with E-state index in [9.17, 15) is 19.2 Å². The Morgan fingerprint density at radius 1 is 1.14 bits per heavy atom. The fraction of sp³-hybridized carbons (Fsp3) is 0.474. The molecule has 2 heterocycles. The van der Waals surface area contributed by atoms with Gasteiger partial charge in [-0.25, -0.2) is 4.79 Å². The average Bonchev–Trinajstić information content (AvgIpc) is 2.95. The summed E-state index contributed by atoms with van der Waals surface area (Å²) in [5.41, 5.74) is 1.68. The van der Waals surface area contributed by atoms with Crippen molar-refractivity contribution in [1.29, 1.82) is 0 Å². The van der Waals surface area contributed by atoms with Crippen molar-refractivity contribution in [2.45, 2.75) is 0 Å². The summed E-state index contributed by atoms with van der Waals surface area (Å²) in [6.07, 6.45) is 0. The van der Waals surface area contributed by atoms with Gasteiger partial charge in [0.15, 0.2) is 0 Å². The van der Waals surface area contributed by atoms with Crippen LogP contribution in [0.5, 0.6) is 0 Å². The quantitative estimate of drug-likeness (QED) is 0.661. The van der Waals surface area contributed by atoms with E-state index in [0.29, 0.717) is 18.9 Å². The molecule has 1 aromatic rings. The monoisotopic (exact) mass is 403 g/mol. The van der Waals surface area contributed by atoms with Gasteiger partial charge < -0.3 is 24.8 Å². The Morgan fingerprint density at radius 2 is 1.79 bits per heavy atom. The molecule has 2 aliphatic rings. The van der Waals surface area contributed by atoms with Crippen molar-refractivity contribution in [3.8, 4) is 0 Å². The average molecular weight is 403 g/mol. The van der Waals surface area contributed by atoms with E-state index in [1.165, 1.54) is 23.9 Å². The second-order valence-corrected chi connectivity index (χ2v) is 7.06. The van der Waals surface area contributed by atoms with Crippen LogP contribution in [0.1, 0.15) is 0 Å². The third kappa shape index (κ3) is 5.02. The minimum Gasteiger partial charge on any atom is -0.378 e. The lowest BCUT2D eigenvalue weighted by atomic mass is 10.2. The number of imide groups is 1. The van der Waals surface area contributed by atoms with Crippen LogP contribution in [0.3, 0.4) is 0 Å². The molecule has 0 spiro atoms. The highest BCUT2D eigenvalue weighted by Crippen LogP contribution is 2.19. The zero-order chi connectivity index (χ0) is 21.0. The van der Waals surface area contributed by atoms with Crippen LogP contribution < -0.4 is 10.2 Å². The number of rotatable bonds is 6. The number of carbonyl (C=O) groups is 4. The van der Waals surface area contributed by atoms with Crippen molar-refractivity contribution in [1.82, 2.24) is 14.7 Å². The van der Waals surface area contributed by atoms with Gasteiger partial charge in [0.25, 0.3) is 5.91 Å². The van der Waals surface area contributed by atoms with Gasteiger partial charge in [-0.05, 0) is 24.3 Å². The van der Waals surface area contributed by atoms with Crippen molar-refractivity contribution in [3.05, 3.63) is 24.3 Å². The molecule has 1 N–H and O–H groups in total. The summed E-state index contributed by atoms with van der Waals surface area (Å²) in [5.74, 6) is -1.28. The lowest BCUT2D eigenvalue weighted by molar-refractivity contribution is -0.137. The lowest BCUT2D eigenvalue weighted by Crippen LogP contribution is -2.44. The molecule has 0 aliphatic carbocycles. The molecular weight excluding hydrogens is 378 g/mol. The Kier molecular flexibility index (Phi) is 6.32. The normalized spacial score (nSPS) is 17.0. The fourth-order valence-electron chi connectivity index (χ4n) is 3.16. The Morgan fingerprint density at radius 3 is 2.38 bits per heavy atom. The third-order valence-corrected chi connectivity index (χ3v) is 4.86. The highest BCUT2D eigenvalue weighted by Gasteiger charge is 2.35. The summed E-state index contributed by atoms with van der Waals surface area (Å²) in [6.45, 7) is 2.45. The van der Waals surface area contributed by atoms with E-state index in [-0.39, 0.29) is 25.5 Å². The van der Waals surface area contributed by atoms with Gasteiger partial charge in [0.1, 0.15) is 13.1 Å². The van der Waals surface area contributed by atoms with Gasteiger partial charge >= 0.3 is 6.03 Å². The molecule has 10 heteroatoms. The molecule has 0 radical (unpaired) electrons. The van der Waals surface area contributed by atoms with E-state index in [1.54, 1.807) is 0 Å². The molecule has 156 valence electrons. The second-order valence-electron chi connectivity index (χ2n) is 7.06. The van der Waals surface area contributed by atoms with E-state index < -0.39 is 17.8 Å². The van der Waals surface area contributed by atoms with Crippen molar-refractivity contribution in [2.24, 2.45) is 0 Å². The maximum atomic E-state index is 12.3. The molecule has 29 heavy (non-hydrogen) atoms. The maximum absolute atomic E-state index is 12.3. The molecule has 0 unspecified atom stereocenters. The lowest BCUT2D eigenvalue weighted by Gasteiger charge is -2.28. The first-order chi connectivity index (χ1) is 13.8. The molecule has 0 bridgehead atoms. The van der Waals surface area contributed by atoms with Crippen molar-refractivity contribution in [2.75, 3.05) is 70.2 Å². The van der Waals surface area contributed by atoms with Crippen LogP contribution in [0.25, 0.3) is 0 Å². The second kappa shape index (κ2) is 8.91. The van der Waals surface area contributed by atoms with Gasteiger partial charge in [0, 0.05) is 38.6 Å². The van der Waals surface area contributed by atoms with Crippen LogP contribution in [-0.2, 0) is 19.1 Å². The smallest absolute Gasteiger partial charge is 0.327 e. The molecule has 2 aliphatic heterocycles. The standard InChI is InChI=1S/C19H25N5O5/c1-21(17(26)13-24-18(27)12-22(2)19(24)28)11-16(25)20-14-3-5-15(6-4-14)23-7-9-29-10-8-23/h3-6H,7-13H2,1-2H3,(H,20,25). The number of nitrogens with zero attached hydrogens (tertiary/aromatic N) is 4. The number of nitrogens with one attached hydrogen (secondary N) is 1. The van der Waals surface area contributed by atoms with Crippen LogP contribution in [0.15, 0.2) is 24.3 Å². The van der Waals surface area contributed by atoms with E-state index in [0.717, 1.165) is 23.7 Å². The summed E-state index contributed by atoms with van der Waals surface area (Å²) in [5, 5.41) is 2.74. The van der Waals surface area contributed by atoms with Crippen LogP contribution in [0.2, 0.25) is 0 Å². The number of morpholine rings is 1. The van der Waals surface area contributed by atoms with E-state index in [2.05, 4.69) is 10.2 Å². The van der Waals surface area contributed by atoms with Crippen LogP contribution in [0, 0.1) is 0 Å². The number of benzene rings is 1. The first kappa shape index (κ1) is 20.6. The van der Waals surface area contributed by atoms with Gasteiger partial charge in [-0.1, -0.05) is 0 Å². The third-order valence-electron chi connectivity index (χ3n) is 4.86. The Labute approximate surface area is 169 Å². The number of hydrogen-bond acceptors (Lipinski definition) is 6. The predicted molar refractivity (Wildman–Crippen MR) is 105 cm³/mol. The Bertz CT molecular complexity index is 791. The Hall–Kier alpha value is -3.14.